The maximum absolute atomic E-state index is 12.4. The summed E-state index contributed by atoms with van der Waals surface area (Å²) in [6.07, 6.45) is 1.01. The standard InChI is InChI=1S/C20H23ClN2O2S2/c21-19-4-2-17(27-19)13-26-14-20(24)23-8-6-22(7-9-23)12-15-1-3-18-16(11-15)5-10-25-18/h1-4,11H,5-10,12-14H2. The smallest absolute Gasteiger partial charge is 0.232 e. The van der Waals surface area contributed by atoms with Crippen LogP contribution in [0.15, 0.2) is 30.3 Å². The molecule has 0 radical (unpaired) electrons. The number of nitrogens with zero attached hydrogens (tertiary/aromatic N) is 2. The molecule has 2 aliphatic rings. The first-order valence-corrected chi connectivity index (χ1v) is 11.6. The lowest BCUT2D eigenvalue weighted by atomic mass is 10.1. The minimum absolute atomic E-state index is 0.247. The summed E-state index contributed by atoms with van der Waals surface area (Å²) in [6.45, 7) is 5.26. The highest BCUT2D eigenvalue weighted by atomic mass is 35.5. The number of hydrogen-bond donors (Lipinski definition) is 0. The lowest BCUT2D eigenvalue weighted by Crippen LogP contribution is -2.48. The molecule has 3 heterocycles. The lowest BCUT2D eigenvalue weighted by Gasteiger charge is -2.34. The zero-order chi connectivity index (χ0) is 18.6. The molecular formula is C20H23ClN2O2S2. The molecule has 0 aliphatic carbocycles. The van der Waals surface area contributed by atoms with Crippen LogP contribution in [0.4, 0.5) is 0 Å². The molecule has 1 fully saturated rings. The van der Waals surface area contributed by atoms with E-state index in [0.29, 0.717) is 5.75 Å². The second-order valence-electron chi connectivity index (χ2n) is 6.90. The minimum Gasteiger partial charge on any atom is -0.493 e. The van der Waals surface area contributed by atoms with Crippen LogP contribution in [0.1, 0.15) is 16.0 Å². The third-order valence-electron chi connectivity index (χ3n) is 4.98. The third kappa shape index (κ3) is 4.99. The molecule has 144 valence electrons. The molecule has 4 nitrogen and oxygen atoms in total. The Hall–Kier alpha value is -1.21. The SMILES string of the molecule is O=C(CSCc1ccc(Cl)s1)N1CCN(Cc2ccc3c(c2)CCO3)CC1. The van der Waals surface area contributed by atoms with Gasteiger partial charge in [-0.1, -0.05) is 23.7 Å². The summed E-state index contributed by atoms with van der Waals surface area (Å²) in [4.78, 5) is 18.1. The molecule has 1 aromatic heterocycles. The number of piperazine rings is 1. The van der Waals surface area contributed by atoms with E-state index in [9.17, 15) is 4.79 Å². The van der Waals surface area contributed by atoms with E-state index in [-0.39, 0.29) is 5.91 Å². The van der Waals surface area contributed by atoms with Crippen molar-refractivity contribution in [1.29, 1.82) is 0 Å². The molecule has 1 saturated heterocycles. The van der Waals surface area contributed by atoms with E-state index in [1.54, 1.807) is 23.1 Å². The molecule has 0 N–H and O–H groups in total. The van der Waals surface area contributed by atoms with Crippen molar-refractivity contribution in [2.45, 2.75) is 18.7 Å². The van der Waals surface area contributed by atoms with E-state index >= 15 is 0 Å². The van der Waals surface area contributed by atoms with Crippen LogP contribution in [-0.2, 0) is 23.5 Å². The molecule has 27 heavy (non-hydrogen) atoms. The van der Waals surface area contributed by atoms with Gasteiger partial charge in [-0.25, -0.2) is 0 Å². The van der Waals surface area contributed by atoms with Crippen molar-refractivity contribution in [2.24, 2.45) is 0 Å². The first-order chi connectivity index (χ1) is 13.2. The Balaban J connectivity index is 1.19. The Morgan fingerprint density at radius 1 is 1.19 bits per heavy atom. The molecule has 0 bridgehead atoms. The second kappa shape index (κ2) is 8.86. The summed E-state index contributed by atoms with van der Waals surface area (Å²) >= 11 is 9.21. The van der Waals surface area contributed by atoms with Crippen LogP contribution in [0.5, 0.6) is 5.75 Å². The maximum Gasteiger partial charge on any atom is 0.232 e. The van der Waals surface area contributed by atoms with Gasteiger partial charge in [0.2, 0.25) is 5.91 Å². The van der Waals surface area contributed by atoms with Gasteiger partial charge >= 0.3 is 0 Å². The van der Waals surface area contributed by atoms with E-state index < -0.39 is 0 Å². The van der Waals surface area contributed by atoms with Crippen molar-refractivity contribution < 1.29 is 9.53 Å². The van der Waals surface area contributed by atoms with E-state index in [1.807, 2.05) is 17.0 Å². The molecular weight excluding hydrogens is 400 g/mol. The van der Waals surface area contributed by atoms with Crippen LogP contribution in [0.3, 0.4) is 0 Å². The molecule has 0 saturated carbocycles. The number of carbonyl (C=O) groups excluding carboxylic acids is 1. The molecule has 1 aromatic carbocycles. The highest BCUT2D eigenvalue weighted by Crippen LogP contribution is 2.27. The number of thioether (sulfide) groups is 1. The molecule has 1 amide bonds. The van der Waals surface area contributed by atoms with Crippen LogP contribution in [0, 0.1) is 0 Å². The zero-order valence-electron chi connectivity index (χ0n) is 15.2. The van der Waals surface area contributed by atoms with Crippen LogP contribution in [0.2, 0.25) is 4.34 Å². The van der Waals surface area contributed by atoms with Crippen molar-refractivity contribution in [2.75, 3.05) is 38.5 Å². The quantitative estimate of drug-likeness (QED) is 0.706. The van der Waals surface area contributed by atoms with Gasteiger partial charge in [0.25, 0.3) is 0 Å². The van der Waals surface area contributed by atoms with Crippen LogP contribution in [0.25, 0.3) is 0 Å². The number of carbonyl (C=O) groups is 1. The highest BCUT2D eigenvalue weighted by molar-refractivity contribution is 7.99. The predicted octanol–water partition coefficient (Wildman–Crippen LogP) is 3.91. The van der Waals surface area contributed by atoms with Crippen molar-refractivity contribution in [1.82, 2.24) is 9.80 Å². The Labute approximate surface area is 173 Å². The average Bonchev–Trinajstić information content (AvgIpc) is 3.30. The topological polar surface area (TPSA) is 32.8 Å². The van der Waals surface area contributed by atoms with Gasteiger partial charge < -0.3 is 9.64 Å². The van der Waals surface area contributed by atoms with Gasteiger partial charge in [0, 0.05) is 49.8 Å². The number of fused-ring (bicyclic) bond motifs is 1. The van der Waals surface area contributed by atoms with Gasteiger partial charge in [-0.2, -0.15) is 0 Å². The van der Waals surface area contributed by atoms with Crippen molar-refractivity contribution in [3.63, 3.8) is 0 Å². The molecule has 0 spiro atoms. The molecule has 7 heteroatoms. The Bertz CT molecular complexity index is 803. The molecule has 0 unspecified atom stereocenters. The fraction of sp³-hybridized carbons (Fsp3) is 0.450. The van der Waals surface area contributed by atoms with Gasteiger partial charge in [0.05, 0.1) is 16.7 Å². The van der Waals surface area contributed by atoms with Crippen molar-refractivity contribution in [3.05, 3.63) is 50.7 Å². The number of rotatable bonds is 6. The van der Waals surface area contributed by atoms with Crippen molar-refractivity contribution >= 4 is 40.6 Å². The van der Waals surface area contributed by atoms with Crippen LogP contribution in [-0.4, -0.2) is 54.2 Å². The van der Waals surface area contributed by atoms with Gasteiger partial charge in [0.1, 0.15) is 5.75 Å². The predicted molar refractivity (Wildman–Crippen MR) is 113 cm³/mol. The van der Waals surface area contributed by atoms with E-state index in [4.69, 9.17) is 16.3 Å². The van der Waals surface area contributed by atoms with Crippen LogP contribution < -0.4 is 4.74 Å². The average molecular weight is 423 g/mol. The number of thiophene rings is 1. The number of hydrogen-bond acceptors (Lipinski definition) is 5. The van der Waals surface area contributed by atoms with Gasteiger partial charge in [-0.3, -0.25) is 9.69 Å². The first-order valence-electron chi connectivity index (χ1n) is 9.24. The van der Waals surface area contributed by atoms with E-state index in [1.165, 1.54) is 16.0 Å². The molecule has 2 aliphatic heterocycles. The monoisotopic (exact) mass is 422 g/mol. The van der Waals surface area contributed by atoms with Crippen molar-refractivity contribution in [3.8, 4) is 5.75 Å². The summed E-state index contributed by atoms with van der Waals surface area (Å²) < 4.78 is 6.39. The largest absolute Gasteiger partial charge is 0.493 e. The number of amides is 1. The van der Waals surface area contributed by atoms with Gasteiger partial charge in [0.15, 0.2) is 0 Å². The number of halogens is 1. The minimum atomic E-state index is 0.247. The van der Waals surface area contributed by atoms with Gasteiger partial charge in [-0.15, -0.1) is 23.1 Å². The highest BCUT2D eigenvalue weighted by Gasteiger charge is 2.21. The second-order valence-corrected chi connectivity index (χ2v) is 9.68. The summed E-state index contributed by atoms with van der Waals surface area (Å²) in [7, 11) is 0. The number of ether oxygens (including phenoxy) is 1. The summed E-state index contributed by atoms with van der Waals surface area (Å²) in [5.74, 6) is 2.68. The number of benzene rings is 1. The molecule has 2 aromatic rings. The summed E-state index contributed by atoms with van der Waals surface area (Å²) in [6, 6.07) is 10.5. The third-order valence-corrected chi connectivity index (χ3v) is 7.36. The Kier molecular flexibility index (Phi) is 6.28. The Morgan fingerprint density at radius 3 is 2.81 bits per heavy atom. The zero-order valence-corrected chi connectivity index (χ0v) is 17.5. The lowest BCUT2D eigenvalue weighted by molar-refractivity contribution is -0.130. The fourth-order valence-corrected chi connectivity index (χ4v) is 5.64. The normalized spacial score (nSPS) is 17.0. The van der Waals surface area contributed by atoms with Crippen LogP contribution >= 0.6 is 34.7 Å². The maximum atomic E-state index is 12.4. The molecule has 0 atom stereocenters. The Morgan fingerprint density at radius 2 is 2.04 bits per heavy atom. The summed E-state index contributed by atoms with van der Waals surface area (Å²) in [5, 5.41) is 0. The fourth-order valence-electron chi connectivity index (χ4n) is 3.51. The first kappa shape index (κ1) is 19.1. The molecule has 4 rings (SSSR count). The van der Waals surface area contributed by atoms with Gasteiger partial charge in [-0.05, 0) is 29.3 Å². The summed E-state index contributed by atoms with van der Waals surface area (Å²) in [5.41, 5.74) is 2.66. The van der Waals surface area contributed by atoms with E-state index in [2.05, 4.69) is 23.1 Å². The van der Waals surface area contributed by atoms with E-state index in [0.717, 1.165) is 61.6 Å².